The molecule has 0 amide bonds. The molecule has 0 saturated carbocycles. The van der Waals surface area contributed by atoms with Crippen molar-refractivity contribution in [3.05, 3.63) is 23.1 Å². The van der Waals surface area contributed by atoms with Crippen molar-refractivity contribution in [1.29, 1.82) is 0 Å². The maximum atomic E-state index is 12.0. The third-order valence-corrected chi connectivity index (χ3v) is 4.98. The summed E-state index contributed by atoms with van der Waals surface area (Å²) in [5.41, 5.74) is 6.55. The van der Waals surface area contributed by atoms with Gasteiger partial charge in [-0.1, -0.05) is 6.92 Å². The Morgan fingerprint density at radius 1 is 1.52 bits per heavy atom. The summed E-state index contributed by atoms with van der Waals surface area (Å²) in [6.07, 6.45) is 4.24. The van der Waals surface area contributed by atoms with E-state index in [1.54, 1.807) is 7.11 Å². The number of carbonyl (C=O) groups excluding carboxylic acids is 1. The molecule has 0 bridgehead atoms. The summed E-state index contributed by atoms with van der Waals surface area (Å²) in [5, 5.41) is 0.918. The van der Waals surface area contributed by atoms with E-state index >= 15 is 0 Å². The second kappa shape index (κ2) is 5.40. The Kier molecular flexibility index (Phi) is 3.59. The molecule has 0 aliphatic carbocycles. The Labute approximate surface area is 127 Å². The van der Waals surface area contributed by atoms with E-state index in [1.807, 2.05) is 19.3 Å². The summed E-state index contributed by atoms with van der Waals surface area (Å²) in [6.45, 7) is 4.25. The van der Waals surface area contributed by atoms with Crippen LogP contribution in [-0.4, -0.2) is 29.0 Å². The zero-order valence-electron chi connectivity index (χ0n) is 12.1. The Morgan fingerprint density at radius 3 is 3.05 bits per heavy atom. The predicted molar refractivity (Wildman–Crippen MR) is 83.2 cm³/mol. The third kappa shape index (κ3) is 2.27. The standard InChI is InChI=1S/C14H18N4O2S/c1-3-9(19)13-11(15)12(20-2)14(21-13)18-7-6-17-5-4-16-10(17)8-18/h4-5H,3,6-8,15H2,1-2H3. The smallest absolute Gasteiger partial charge is 0.177 e. The summed E-state index contributed by atoms with van der Waals surface area (Å²) in [4.78, 5) is 19.1. The Morgan fingerprint density at radius 2 is 2.33 bits per heavy atom. The van der Waals surface area contributed by atoms with E-state index in [2.05, 4.69) is 14.5 Å². The maximum absolute atomic E-state index is 12.0. The molecule has 0 unspecified atom stereocenters. The first kappa shape index (κ1) is 13.9. The van der Waals surface area contributed by atoms with Gasteiger partial charge in [-0.15, -0.1) is 11.3 Å². The lowest BCUT2D eigenvalue weighted by molar-refractivity contribution is 0.0992. The molecule has 2 aromatic rings. The molecular weight excluding hydrogens is 288 g/mol. The van der Waals surface area contributed by atoms with E-state index in [4.69, 9.17) is 10.5 Å². The van der Waals surface area contributed by atoms with Crippen molar-refractivity contribution in [2.45, 2.75) is 26.4 Å². The zero-order valence-corrected chi connectivity index (χ0v) is 12.9. The van der Waals surface area contributed by atoms with Crippen LogP contribution in [0.2, 0.25) is 0 Å². The molecule has 2 aromatic heterocycles. The van der Waals surface area contributed by atoms with Crippen molar-refractivity contribution in [3.8, 4) is 5.75 Å². The van der Waals surface area contributed by atoms with Crippen molar-refractivity contribution in [2.75, 3.05) is 24.3 Å². The molecule has 0 radical (unpaired) electrons. The Bertz CT molecular complexity index is 677. The molecule has 0 fully saturated rings. The zero-order chi connectivity index (χ0) is 15.0. The van der Waals surface area contributed by atoms with Gasteiger partial charge in [0.1, 0.15) is 10.8 Å². The molecule has 1 aliphatic rings. The first-order chi connectivity index (χ1) is 10.2. The van der Waals surface area contributed by atoms with Gasteiger partial charge in [-0.05, 0) is 0 Å². The Balaban J connectivity index is 1.97. The quantitative estimate of drug-likeness (QED) is 0.876. The maximum Gasteiger partial charge on any atom is 0.177 e. The highest BCUT2D eigenvalue weighted by Crippen LogP contribution is 2.45. The molecule has 0 atom stereocenters. The number of thiophene rings is 1. The number of rotatable bonds is 4. The van der Waals surface area contributed by atoms with E-state index in [1.165, 1.54) is 11.3 Å². The molecule has 0 spiro atoms. The lowest BCUT2D eigenvalue weighted by atomic mass is 10.2. The highest BCUT2D eigenvalue weighted by atomic mass is 32.1. The van der Waals surface area contributed by atoms with Crippen LogP contribution < -0.4 is 15.4 Å². The largest absolute Gasteiger partial charge is 0.492 e. The van der Waals surface area contributed by atoms with Gasteiger partial charge in [-0.25, -0.2) is 4.98 Å². The number of fused-ring (bicyclic) bond motifs is 1. The molecule has 0 saturated heterocycles. The van der Waals surface area contributed by atoms with Crippen LogP contribution in [-0.2, 0) is 13.1 Å². The number of ketones is 1. The van der Waals surface area contributed by atoms with Crippen molar-refractivity contribution >= 4 is 27.8 Å². The number of imidazole rings is 1. The van der Waals surface area contributed by atoms with Crippen LogP contribution in [0.5, 0.6) is 5.75 Å². The molecule has 2 N–H and O–H groups in total. The molecule has 6 nitrogen and oxygen atoms in total. The summed E-state index contributed by atoms with van der Waals surface area (Å²) >= 11 is 1.42. The molecule has 3 heterocycles. The van der Waals surface area contributed by atoms with Crippen LogP contribution in [0.4, 0.5) is 10.7 Å². The first-order valence-corrected chi connectivity index (χ1v) is 7.71. The third-order valence-electron chi connectivity index (χ3n) is 3.69. The van der Waals surface area contributed by atoms with Crippen LogP contribution in [0.3, 0.4) is 0 Å². The number of ether oxygens (including phenoxy) is 1. The molecule has 1 aliphatic heterocycles. The average Bonchev–Trinajstić information content (AvgIpc) is 3.09. The fourth-order valence-corrected chi connectivity index (χ4v) is 3.76. The van der Waals surface area contributed by atoms with Crippen molar-refractivity contribution in [1.82, 2.24) is 9.55 Å². The van der Waals surface area contributed by atoms with Gasteiger partial charge in [0.05, 0.1) is 24.2 Å². The number of aromatic nitrogens is 2. The number of nitrogens with zero attached hydrogens (tertiary/aromatic N) is 3. The highest BCUT2D eigenvalue weighted by Gasteiger charge is 2.27. The Hall–Kier alpha value is -2.02. The van der Waals surface area contributed by atoms with Crippen molar-refractivity contribution in [2.24, 2.45) is 0 Å². The molecule has 7 heteroatoms. The van der Waals surface area contributed by atoms with Gasteiger partial charge >= 0.3 is 0 Å². The number of anilines is 2. The number of hydrogen-bond acceptors (Lipinski definition) is 6. The lowest BCUT2D eigenvalue weighted by Crippen LogP contribution is -2.33. The van der Waals surface area contributed by atoms with E-state index in [9.17, 15) is 4.79 Å². The molecule has 21 heavy (non-hydrogen) atoms. The normalized spacial score (nSPS) is 14.1. The number of nitrogens with two attached hydrogens (primary N) is 1. The number of hydrogen-bond donors (Lipinski definition) is 1. The van der Waals surface area contributed by atoms with Gasteiger partial charge in [0, 0.05) is 31.9 Å². The monoisotopic (exact) mass is 306 g/mol. The van der Waals surface area contributed by atoms with Crippen LogP contribution in [0, 0.1) is 0 Å². The number of Topliss-reactive ketones (excluding diaryl/α,β-unsaturated/α-hetero) is 1. The topological polar surface area (TPSA) is 73.4 Å². The lowest BCUT2D eigenvalue weighted by Gasteiger charge is -2.28. The number of methoxy groups -OCH3 is 1. The van der Waals surface area contributed by atoms with Gasteiger partial charge in [0.25, 0.3) is 0 Å². The van der Waals surface area contributed by atoms with Gasteiger partial charge in [-0.2, -0.15) is 0 Å². The van der Waals surface area contributed by atoms with Gasteiger partial charge < -0.3 is 19.9 Å². The second-order valence-electron chi connectivity index (χ2n) is 4.92. The molecular formula is C14H18N4O2S. The minimum Gasteiger partial charge on any atom is -0.492 e. The van der Waals surface area contributed by atoms with E-state index in [-0.39, 0.29) is 5.78 Å². The van der Waals surface area contributed by atoms with Gasteiger partial charge in [-0.3, -0.25) is 4.79 Å². The summed E-state index contributed by atoms with van der Waals surface area (Å²) in [7, 11) is 1.59. The van der Waals surface area contributed by atoms with Crippen molar-refractivity contribution in [3.63, 3.8) is 0 Å². The molecule has 112 valence electrons. The van der Waals surface area contributed by atoms with E-state index in [0.717, 1.165) is 23.9 Å². The van der Waals surface area contributed by atoms with Crippen LogP contribution in [0.15, 0.2) is 12.4 Å². The minimum atomic E-state index is 0.0561. The second-order valence-corrected chi connectivity index (χ2v) is 5.92. The average molecular weight is 306 g/mol. The summed E-state index contributed by atoms with van der Waals surface area (Å²) in [6, 6.07) is 0. The number of nitrogen functional groups attached to an aromatic ring is 1. The molecule has 3 rings (SSSR count). The van der Waals surface area contributed by atoms with Crippen LogP contribution in [0.1, 0.15) is 28.8 Å². The fourth-order valence-electron chi connectivity index (χ4n) is 2.54. The number of carbonyl (C=O) groups is 1. The van der Waals surface area contributed by atoms with E-state index < -0.39 is 0 Å². The highest BCUT2D eigenvalue weighted by molar-refractivity contribution is 7.19. The SMILES string of the molecule is CCC(=O)c1sc(N2CCn3ccnc3C2)c(OC)c1N. The fraction of sp³-hybridized carbons (Fsp3) is 0.429. The molecule has 0 aromatic carbocycles. The first-order valence-electron chi connectivity index (χ1n) is 6.90. The van der Waals surface area contributed by atoms with Crippen molar-refractivity contribution < 1.29 is 9.53 Å². The minimum absolute atomic E-state index is 0.0561. The predicted octanol–water partition coefficient (Wildman–Crippen LogP) is 2.15. The summed E-state index contributed by atoms with van der Waals surface area (Å²) in [5.74, 6) is 1.68. The summed E-state index contributed by atoms with van der Waals surface area (Å²) < 4.78 is 7.58. The van der Waals surface area contributed by atoms with E-state index in [0.29, 0.717) is 29.3 Å². The van der Waals surface area contributed by atoms with Gasteiger partial charge in [0.2, 0.25) is 0 Å². The van der Waals surface area contributed by atoms with Crippen LogP contribution in [0.25, 0.3) is 0 Å². The van der Waals surface area contributed by atoms with Crippen LogP contribution >= 0.6 is 11.3 Å². The van der Waals surface area contributed by atoms with Gasteiger partial charge in [0.15, 0.2) is 11.5 Å².